The molecule has 0 amide bonds. The van der Waals surface area contributed by atoms with Crippen molar-refractivity contribution in [2.45, 2.75) is 74.1 Å². The Kier molecular flexibility index (Phi) is 8.14. The van der Waals surface area contributed by atoms with Crippen LogP contribution in [0, 0.1) is 29.6 Å². The van der Waals surface area contributed by atoms with E-state index in [1.807, 2.05) is 0 Å². The first-order valence-electron chi connectivity index (χ1n) is 7.36. The van der Waals surface area contributed by atoms with Gasteiger partial charge in [0.25, 0.3) is 0 Å². The maximum atomic E-state index is 2.44. The summed E-state index contributed by atoms with van der Waals surface area (Å²) in [5.41, 5.74) is 0. The summed E-state index contributed by atoms with van der Waals surface area (Å²) in [5, 5.41) is 0. The summed E-state index contributed by atoms with van der Waals surface area (Å²) < 4.78 is 0. The molecule has 4 unspecified atom stereocenters. The summed E-state index contributed by atoms with van der Waals surface area (Å²) in [6.07, 6.45) is 5.55. The van der Waals surface area contributed by atoms with E-state index < -0.39 is 0 Å². The first-order chi connectivity index (χ1) is 7.36. The van der Waals surface area contributed by atoms with Gasteiger partial charge in [0, 0.05) is 0 Å². The molecule has 0 spiro atoms. The number of hydrogen-bond donors (Lipinski definition) is 0. The maximum absolute atomic E-state index is 2.44. The van der Waals surface area contributed by atoms with Crippen molar-refractivity contribution in [2.24, 2.45) is 29.6 Å². The second kappa shape index (κ2) is 8.14. The molecule has 0 heterocycles. The van der Waals surface area contributed by atoms with E-state index in [-0.39, 0.29) is 0 Å². The van der Waals surface area contributed by atoms with Crippen molar-refractivity contribution in [1.29, 1.82) is 0 Å². The molecule has 0 aliphatic heterocycles. The van der Waals surface area contributed by atoms with E-state index >= 15 is 0 Å². The van der Waals surface area contributed by atoms with Crippen LogP contribution in [0.2, 0.25) is 0 Å². The zero-order valence-corrected chi connectivity index (χ0v) is 12.7. The number of rotatable bonds is 8. The molecule has 0 rings (SSSR count). The van der Waals surface area contributed by atoms with Crippen molar-refractivity contribution >= 4 is 0 Å². The van der Waals surface area contributed by atoms with E-state index in [2.05, 4.69) is 48.5 Å². The van der Waals surface area contributed by atoms with Crippen LogP contribution < -0.4 is 0 Å². The van der Waals surface area contributed by atoms with E-state index in [0.29, 0.717) is 0 Å². The molecule has 0 aromatic rings. The largest absolute Gasteiger partial charge is 0.0651 e. The van der Waals surface area contributed by atoms with Crippen molar-refractivity contribution < 1.29 is 0 Å². The molecule has 0 saturated carbocycles. The zero-order valence-electron chi connectivity index (χ0n) is 12.7. The highest BCUT2D eigenvalue weighted by atomic mass is 14.2. The summed E-state index contributed by atoms with van der Waals surface area (Å²) in [7, 11) is 0. The quantitative estimate of drug-likeness (QED) is 0.493. The molecule has 0 N–H and O–H groups in total. The molecule has 0 radical (unpaired) electrons. The molecule has 0 saturated heterocycles. The topological polar surface area (TPSA) is 0 Å². The van der Waals surface area contributed by atoms with E-state index in [1.165, 1.54) is 25.7 Å². The van der Waals surface area contributed by atoms with Gasteiger partial charge in [0.1, 0.15) is 0 Å². The van der Waals surface area contributed by atoms with Crippen molar-refractivity contribution in [3.8, 4) is 0 Å². The lowest BCUT2D eigenvalue weighted by Crippen LogP contribution is -2.13. The molecular weight excluding hydrogens is 192 g/mol. The van der Waals surface area contributed by atoms with Gasteiger partial charge in [0.15, 0.2) is 0 Å². The van der Waals surface area contributed by atoms with Gasteiger partial charge in [0.2, 0.25) is 0 Å². The summed E-state index contributed by atoms with van der Waals surface area (Å²) in [6.45, 7) is 16.7. The average molecular weight is 226 g/mol. The maximum Gasteiger partial charge on any atom is -0.0415 e. The van der Waals surface area contributed by atoms with Crippen molar-refractivity contribution in [1.82, 2.24) is 0 Å². The van der Waals surface area contributed by atoms with Gasteiger partial charge < -0.3 is 0 Å². The van der Waals surface area contributed by atoms with Crippen molar-refractivity contribution in [3.63, 3.8) is 0 Å². The van der Waals surface area contributed by atoms with Crippen LogP contribution in [0.5, 0.6) is 0 Å². The zero-order chi connectivity index (χ0) is 12.7. The molecule has 0 bridgehead atoms. The highest BCUT2D eigenvalue weighted by Crippen LogP contribution is 2.27. The minimum absolute atomic E-state index is 0.856. The first kappa shape index (κ1) is 16.0. The Hall–Kier alpha value is 0. The molecule has 0 nitrogen and oxygen atoms in total. The SMILES string of the molecule is CCC(C)C(C)CC(C)CC(C)CC(C)C. The molecule has 16 heavy (non-hydrogen) atoms. The fraction of sp³-hybridized carbons (Fsp3) is 1.00. The molecule has 0 aliphatic carbocycles. The van der Waals surface area contributed by atoms with Crippen LogP contribution in [-0.4, -0.2) is 0 Å². The molecule has 0 aromatic heterocycles. The van der Waals surface area contributed by atoms with Gasteiger partial charge >= 0.3 is 0 Å². The van der Waals surface area contributed by atoms with Crippen LogP contribution >= 0.6 is 0 Å². The summed E-state index contributed by atoms with van der Waals surface area (Å²) in [6, 6.07) is 0. The standard InChI is InChI=1S/C16H34/c1-8-15(6)16(7)11-14(5)10-13(4)9-12(2)3/h12-16H,8-11H2,1-7H3. The second-order valence-corrected chi connectivity index (χ2v) is 6.67. The van der Waals surface area contributed by atoms with Crippen LogP contribution in [0.3, 0.4) is 0 Å². The highest BCUT2D eigenvalue weighted by Gasteiger charge is 2.16. The normalized spacial score (nSPS) is 19.5. The van der Waals surface area contributed by atoms with Gasteiger partial charge in [-0.05, 0) is 48.9 Å². The minimum atomic E-state index is 0.856. The van der Waals surface area contributed by atoms with Crippen LogP contribution in [0.25, 0.3) is 0 Å². The number of hydrogen-bond acceptors (Lipinski definition) is 0. The van der Waals surface area contributed by atoms with E-state index in [9.17, 15) is 0 Å². The highest BCUT2D eigenvalue weighted by molar-refractivity contribution is 4.67. The summed E-state index contributed by atoms with van der Waals surface area (Å²) in [5.74, 6) is 4.44. The van der Waals surface area contributed by atoms with Gasteiger partial charge in [-0.2, -0.15) is 0 Å². The van der Waals surface area contributed by atoms with Gasteiger partial charge in [-0.3, -0.25) is 0 Å². The average Bonchev–Trinajstić information content (AvgIpc) is 2.14. The molecular formula is C16H34. The predicted molar refractivity (Wildman–Crippen MR) is 75.6 cm³/mol. The molecule has 0 fully saturated rings. The Morgan fingerprint density at radius 3 is 1.56 bits per heavy atom. The molecule has 98 valence electrons. The summed E-state index contributed by atoms with van der Waals surface area (Å²) >= 11 is 0. The fourth-order valence-corrected chi connectivity index (χ4v) is 2.95. The van der Waals surface area contributed by atoms with Gasteiger partial charge in [-0.1, -0.05) is 54.9 Å². The lowest BCUT2D eigenvalue weighted by atomic mass is 9.81. The second-order valence-electron chi connectivity index (χ2n) is 6.67. The van der Waals surface area contributed by atoms with Crippen LogP contribution in [0.15, 0.2) is 0 Å². The third kappa shape index (κ3) is 7.30. The molecule has 0 heteroatoms. The van der Waals surface area contributed by atoms with Gasteiger partial charge in [0.05, 0.1) is 0 Å². The monoisotopic (exact) mass is 226 g/mol. The van der Waals surface area contributed by atoms with E-state index in [4.69, 9.17) is 0 Å². The van der Waals surface area contributed by atoms with Crippen LogP contribution in [0.4, 0.5) is 0 Å². The first-order valence-corrected chi connectivity index (χ1v) is 7.36. The van der Waals surface area contributed by atoms with E-state index in [1.54, 1.807) is 0 Å². The Balaban J connectivity index is 3.84. The Labute approximate surface area is 104 Å². The van der Waals surface area contributed by atoms with Gasteiger partial charge in [-0.15, -0.1) is 0 Å². The van der Waals surface area contributed by atoms with Crippen molar-refractivity contribution in [3.05, 3.63) is 0 Å². The predicted octanol–water partition coefficient (Wildman–Crippen LogP) is 5.77. The molecule has 0 aromatic carbocycles. The molecule has 0 aliphatic rings. The minimum Gasteiger partial charge on any atom is -0.0651 e. The third-order valence-electron chi connectivity index (χ3n) is 4.07. The summed E-state index contributed by atoms with van der Waals surface area (Å²) in [4.78, 5) is 0. The Morgan fingerprint density at radius 2 is 1.12 bits per heavy atom. The van der Waals surface area contributed by atoms with Crippen molar-refractivity contribution in [2.75, 3.05) is 0 Å². The Morgan fingerprint density at radius 1 is 0.625 bits per heavy atom. The Bertz CT molecular complexity index is 159. The third-order valence-corrected chi connectivity index (χ3v) is 4.07. The van der Waals surface area contributed by atoms with Crippen LogP contribution in [-0.2, 0) is 0 Å². The van der Waals surface area contributed by atoms with Gasteiger partial charge in [-0.25, -0.2) is 0 Å². The smallest absolute Gasteiger partial charge is 0.0415 e. The van der Waals surface area contributed by atoms with E-state index in [0.717, 1.165) is 29.6 Å². The lowest BCUT2D eigenvalue weighted by Gasteiger charge is -2.24. The fourth-order valence-electron chi connectivity index (χ4n) is 2.95. The lowest BCUT2D eigenvalue weighted by molar-refractivity contribution is 0.267. The van der Waals surface area contributed by atoms with Crippen LogP contribution in [0.1, 0.15) is 74.1 Å². The molecule has 4 atom stereocenters.